The van der Waals surface area contributed by atoms with Crippen LogP contribution in [-0.2, 0) is 0 Å². The molecule has 0 spiro atoms. The molecule has 0 aromatic heterocycles. The van der Waals surface area contributed by atoms with Crippen molar-refractivity contribution in [1.82, 2.24) is 5.32 Å². The molecule has 2 atom stereocenters. The lowest BCUT2D eigenvalue weighted by molar-refractivity contribution is 0.195. The van der Waals surface area contributed by atoms with Gasteiger partial charge in [-0.3, -0.25) is 0 Å². The number of benzene rings is 1. The average Bonchev–Trinajstić information content (AvgIpc) is 2.69. The number of ether oxygens (including phenoxy) is 1. The molecule has 98 valence electrons. The van der Waals surface area contributed by atoms with E-state index in [4.69, 9.17) is 10.5 Å². The zero-order valence-electron chi connectivity index (χ0n) is 10.1. The van der Waals surface area contributed by atoms with Gasteiger partial charge in [-0.15, -0.1) is 0 Å². The standard InChI is InChI=1S/C13H16F2N2O/c1-8(4-9-5-13(16)17-7-9)18-10-2-3-11(14)12(15)6-10/h2-3,5-6,8-9,17H,4,7,16H2,1H3/t8-,9+/m1/s1. The molecule has 3 nitrogen and oxygen atoms in total. The molecule has 0 unspecified atom stereocenters. The Morgan fingerprint density at radius 1 is 1.44 bits per heavy atom. The summed E-state index contributed by atoms with van der Waals surface area (Å²) in [6.45, 7) is 2.68. The van der Waals surface area contributed by atoms with E-state index in [1.54, 1.807) is 0 Å². The summed E-state index contributed by atoms with van der Waals surface area (Å²) >= 11 is 0. The summed E-state index contributed by atoms with van der Waals surface area (Å²) in [6.07, 6.45) is 2.63. The van der Waals surface area contributed by atoms with Crippen LogP contribution in [0.15, 0.2) is 30.1 Å². The van der Waals surface area contributed by atoms with Gasteiger partial charge in [0.25, 0.3) is 0 Å². The molecule has 3 N–H and O–H groups in total. The fourth-order valence-electron chi connectivity index (χ4n) is 2.03. The lowest BCUT2D eigenvalue weighted by Crippen LogP contribution is -2.21. The molecule has 5 heteroatoms. The first kappa shape index (κ1) is 12.7. The smallest absolute Gasteiger partial charge is 0.162 e. The maximum absolute atomic E-state index is 13.0. The number of hydrogen-bond donors (Lipinski definition) is 2. The Morgan fingerprint density at radius 3 is 2.83 bits per heavy atom. The Labute approximate surface area is 105 Å². The average molecular weight is 254 g/mol. The third kappa shape index (κ3) is 3.12. The van der Waals surface area contributed by atoms with Gasteiger partial charge in [-0.05, 0) is 31.6 Å². The molecule has 1 aliphatic rings. The number of hydrogen-bond acceptors (Lipinski definition) is 3. The quantitative estimate of drug-likeness (QED) is 0.865. The second kappa shape index (κ2) is 5.25. The van der Waals surface area contributed by atoms with Crippen molar-refractivity contribution in [3.8, 4) is 5.75 Å². The summed E-state index contributed by atoms with van der Waals surface area (Å²) in [5.74, 6) is -0.438. The normalized spacial score (nSPS) is 20.2. The van der Waals surface area contributed by atoms with Gasteiger partial charge in [0.05, 0.1) is 11.9 Å². The van der Waals surface area contributed by atoms with Crippen LogP contribution >= 0.6 is 0 Å². The molecule has 1 aliphatic heterocycles. The fraction of sp³-hybridized carbons (Fsp3) is 0.385. The van der Waals surface area contributed by atoms with Gasteiger partial charge in [0.15, 0.2) is 11.6 Å². The van der Waals surface area contributed by atoms with Gasteiger partial charge in [0, 0.05) is 18.5 Å². The summed E-state index contributed by atoms with van der Waals surface area (Å²) < 4.78 is 31.3. The van der Waals surface area contributed by atoms with Crippen molar-refractivity contribution in [2.45, 2.75) is 19.4 Å². The van der Waals surface area contributed by atoms with Gasteiger partial charge in [0.1, 0.15) is 5.75 Å². The summed E-state index contributed by atoms with van der Waals surface area (Å²) in [5, 5.41) is 3.03. The van der Waals surface area contributed by atoms with E-state index < -0.39 is 11.6 Å². The maximum Gasteiger partial charge on any atom is 0.162 e. The van der Waals surface area contributed by atoms with Crippen LogP contribution in [0.3, 0.4) is 0 Å². The Bertz CT molecular complexity index is 462. The Balaban J connectivity index is 1.90. The van der Waals surface area contributed by atoms with E-state index in [0.29, 0.717) is 17.5 Å². The van der Waals surface area contributed by atoms with Gasteiger partial charge in [0.2, 0.25) is 0 Å². The molecule has 0 bridgehead atoms. The van der Waals surface area contributed by atoms with E-state index in [1.807, 2.05) is 13.0 Å². The van der Waals surface area contributed by atoms with Gasteiger partial charge in [-0.1, -0.05) is 0 Å². The first-order valence-electron chi connectivity index (χ1n) is 5.87. The van der Waals surface area contributed by atoms with Gasteiger partial charge in [-0.2, -0.15) is 0 Å². The zero-order valence-corrected chi connectivity index (χ0v) is 10.1. The van der Waals surface area contributed by atoms with Gasteiger partial charge < -0.3 is 15.8 Å². The van der Waals surface area contributed by atoms with Crippen molar-refractivity contribution in [3.05, 3.63) is 41.7 Å². The SMILES string of the molecule is C[C@H](C[C@H]1C=C(N)NC1)Oc1ccc(F)c(F)c1. The van der Waals surface area contributed by atoms with Crippen LogP contribution in [0.25, 0.3) is 0 Å². The van der Waals surface area contributed by atoms with Crippen LogP contribution in [0, 0.1) is 17.6 Å². The second-order valence-electron chi connectivity index (χ2n) is 4.50. The van der Waals surface area contributed by atoms with E-state index in [2.05, 4.69) is 5.32 Å². The minimum Gasteiger partial charge on any atom is -0.491 e. The minimum absolute atomic E-state index is 0.0937. The zero-order chi connectivity index (χ0) is 13.1. The predicted molar refractivity (Wildman–Crippen MR) is 64.8 cm³/mol. The summed E-state index contributed by atoms with van der Waals surface area (Å²) in [5.41, 5.74) is 5.61. The van der Waals surface area contributed by atoms with E-state index in [9.17, 15) is 8.78 Å². The van der Waals surface area contributed by atoms with E-state index >= 15 is 0 Å². The van der Waals surface area contributed by atoms with E-state index in [-0.39, 0.29) is 6.10 Å². The van der Waals surface area contributed by atoms with Crippen molar-refractivity contribution in [3.63, 3.8) is 0 Å². The first-order chi connectivity index (χ1) is 8.54. The predicted octanol–water partition coefficient (Wildman–Crippen LogP) is 2.14. The molecule has 0 saturated heterocycles. The molecular formula is C13H16F2N2O. The van der Waals surface area contributed by atoms with Crippen LogP contribution in [0.5, 0.6) is 5.75 Å². The number of nitrogens with one attached hydrogen (secondary N) is 1. The Morgan fingerprint density at radius 2 is 2.22 bits per heavy atom. The highest BCUT2D eigenvalue weighted by molar-refractivity contribution is 5.23. The van der Waals surface area contributed by atoms with E-state index in [1.165, 1.54) is 6.07 Å². The summed E-state index contributed by atoms with van der Waals surface area (Å²) in [4.78, 5) is 0. The third-order valence-electron chi connectivity index (χ3n) is 2.85. The Hall–Kier alpha value is -1.78. The largest absolute Gasteiger partial charge is 0.491 e. The highest BCUT2D eigenvalue weighted by Gasteiger charge is 2.17. The molecule has 0 amide bonds. The molecule has 1 aromatic carbocycles. The second-order valence-corrected chi connectivity index (χ2v) is 4.50. The van der Waals surface area contributed by atoms with Crippen molar-refractivity contribution >= 4 is 0 Å². The number of nitrogens with two attached hydrogens (primary N) is 1. The molecule has 0 fully saturated rings. The lowest BCUT2D eigenvalue weighted by Gasteiger charge is -2.17. The summed E-state index contributed by atoms with van der Waals surface area (Å²) in [6, 6.07) is 3.54. The third-order valence-corrected chi connectivity index (χ3v) is 2.85. The van der Waals surface area contributed by atoms with Crippen molar-refractivity contribution < 1.29 is 13.5 Å². The molecule has 0 saturated carbocycles. The van der Waals surface area contributed by atoms with Gasteiger partial charge in [-0.25, -0.2) is 8.78 Å². The van der Waals surface area contributed by atoms with Gasteiger partial charge >= 0.3 is 0 Å². The molecule has 0 radical (unpaired) electrons. The molecular weight excluding hydrogens is 238 g/mol. The summed E-state index contributed by atoms with van der Waals surface area (Å²) in [7, 11) is 0. The van der Waals surface area contributed by atoms with Crippen LogP contribution in [-0.4, -0.2) is 12.6 Å². The minimum atomic E-state index is -0.897. The Kier molecular flexibility index (Phi) is 3.69. The monoisotopic (exact) mass is 254 g/mol. The van der Waals surface area contributed by atoms with Crippen LogP contribution in [0.1, 0.15) is 13.3 Å². The van der Waals surface area contributed by atoms with Crippen molar-refractivity contribution in [2.75, 3.05) is 6.54 Å². The topological polar surface area (TPSA) is 47.3 Å². The fourth-order valence-corrected chi connectivity index (χ4v) is 2.03. The highest BCUT2D eigenvalue weighted by Crippen LogP contribution is 2.20. The molecule has 0 aliphatic carbocycles. The molecule has 1 heterocycles. The first-order valence-corrected chi connectivity index (χ1v) is 5.87. The van der Waals surface area contributed by atoms with Crippen LogP contribution in [0.4, 0.5) is 8.78 Å². The molecule has 2 rings (SSSR count). The lowest BCUT2D eigenvalue weighted by atomic mass is 10.0. The van der Waals surface area contributed by atoms with E-state index in [0.717, 1.165) is 25.1 Å². The van der Waals surface area contributed by atoms with Crippen molar-refractivity contribution in [2.24, 2.45) is 11.7 Å². The maximum atomic E-state index is 13.0. The number of halogens is 2. The van der Waals surface area contributed by atoms with Crippen LogP contribution in [0.2, 0.25) is 0 Å². The molecule has 1 aromatic rings. The van der Waals surface area contributed by atoms with Crippen LogP contribution < -0.4 is 15.8 Å². The highest BCUT2D eigenvalue weighted by atomic mass is 19.2. The molecule has 18 heavy (non-hydrogen) atoms. The number of rotatable bonds is 4. The van der Waals surface area contributed by atoms with Crippen molar-refractivity contribution in [1.29, 1.82) is 0 Å².